The minimum Gasteiger partial charge on any atom is -0.204 e. The molecule has 2 aromatic rings. The van der Waals surface area contributed by atoms with Gasteiger partial charge >= 0.3 is 0 Å². The normalized spacial score (nSPS) is 11.0. The molecule has 3 heteroatoms. The van der Waals surface area contributed by atoms with Gasteiger partial charge in [-0.3, -0.25) is 0 Å². The van der Waals surface area contributed by atoms with E-state index in [9.17, 15) is 4.39 Å². The summed E-state index contributed by atoms with van der Waals surface area (Å²) < 4.78 is 15.4. The Balaban J connectivity index is 2.77. The van der Waals surface area contributed by atoms with Gasteiger partial charge in [-0.15, -0.1) is 23.1 Å². The third-order valence-electron chi connectivity index (χ3n) is 1.94. The highest BCUT2D eigenvalue weighted by molar-refractivity contribution is 8.00. The van der Waals surface area contributed by atoms with Gasteiger partial charge < -0.3 is 0 Å². The molecule has 0 atom stereocenters. The molecule has 0 N–H and O–H groups in total. The number of hydrogen-bond acceptors (Lipinski definition) is 2. The van der Waals surface area contributed by atoms with Crippen LogP contribution in [0.15, 0.2) is 22.4 Å². The van der Waals surface area contributed by atoms with Crippen molar-refractivity contribution in [2.24, 2.45) is 0 Å². The van der Waals surface area contributed by atoms with E-state index in [4.69, 9.17) is 0 Å². The molecule has 2 rings (SSSR count). The molecule has 1 aromatic heterocycles. The first-order valence-electron chi connectivity index (χ1n) is 3.95. The van der Waals surface area contributed by atoms with Crippen molar-refractivity contribution >= 4 is 33.2 Å². The Morgan fingerprint density at radius 3 is 2.85 bits per heavy atom. The zero-order valence-electron chi connectivity index (χ0n) is 7.43. The fourth-order valence-corrected chi connectivity index (χ4v) is 2.98. The van der Waals surface area contributed by atoms with Gasteiger partial charge in [-0.05, 0) is 25.3 Å². The number of thiophene rings is 1. The van der Waals surface area contributed by atoms with Crippen molar-refractivity contribution in [2.75, 3.05) is 6.26 Å². The molecule has 0 aliphatic carbocycles. The summed E-state index contributed by atoms with van der Waals surface area (Å²) in [5.41, 5.74) is 1.11. The van der Waals surface area contributed by atoms with Gasteiger partial charge in [-0.2, -0.15) is 0 Å². The molecular formula is C10H9FS2. The van der Waals surface area contributed by atoms with E-state index in [1.54, 1.807) is 0 Å². The number of thioether (sulfide) groups is 1. The van der Waals surface area contributed by atoms with Crippen LogP contribution in [0.25, 0.3) is 10.1 Å². The topological polar surface area (TPSA) is 0 Å². The highest BCUT2D eigenvalue weighted by Gasteiger charge is 2.10. The highest BCUT2D eigenvalue weighted by Crippen LogP contribution is 2.35. The summed E-state index contributed by atoms with van der Waals surface area (Å²) in [6, 6.07) is 5.90. The number of hydrogen-bond donors (Lipinski definition) is 0. The van der Waals surface area contributed by atoms with Crippen LogP contribution in [0.4, 0.5) is 4.39 Å². The molecule has 0 aliphatic rings. The van der Waals surface area contributed by atoms with Crippen molar-refractivity contribution in [3.63, 3.8) is 0 Å². The predicted molar refractivity (Wildman–Crippen MR) is 58.3 cm³/mol. The zero-order chi connectivity index (χ0) is 9.42. The molecule has 0 amide bonds. The van der Waals surface area contributed by atoms with E-state index in [-0.39, 0.29) is 5.82 Å². The van der Waals surface area contributed by atoms with Crippen LogP contribution in [0.1, 0.15) is 5.56 Å². The first kappa shape index (κ1) is 9.03. The maximum Gasteiger partial charge on any atom is 0.155 e. The molecule has 0 aliphatic heterocycles. The van der Waals surface area contributed by atoms with Crippen LogP contribution in [-0.4, -0.2) is 6.26 Å². The molecular weight excluding hydrogens is 203 g/mol. The molecule has 0 unspecified atom stereocenters. The average Bonchev–Trinajstić information content (AvgIpc) is 2.44. The van der Waals surface area contributed by atoms with Gasteiger partial charge in [-0.25, -0.2) is 4.39 Å². The van der Waals surface area contributed by atoms with Gasteiger partial charge in [0.15, 0.2) is 5.82 Å². The van der Waals surface area contributed by atoms with Crippen LogP contribution in [0.5, 0.6) is 0 Å². The molecule has 0 spiro atoms. The standard InChI is InChI=1S/C10H9FS2/c1-6-3-4-8-7(5-6)9(11)10(12-2)13-8/h3-5H,1-2H3. The van der Waals surface area contributed by atoms with Crippen molar-refractivity contribution in [3.05, 3.63) is 29.6 Å². The Labute approximate surface area is 84.8 Å². The fraction of sp³-hybridized carbons (Fsp3) is 0.200. The third-order valence-corrected chi connectivity index (χ3v) is 4.18. The monoisotopic (exact) mass is 212 g/mol. The maximum absolute atomic E-state index is 13.6. The Kier molecular flexibility index (Phi) is 2.30. The Bertz CT molecular complexity index is 445. The summed E-state index contributed by atoms with van der Waals surface area (Å²) in [6.07, 6.45) is 1.90. The van der Waals surface area contributed by atoms with E-state index in [0.29, 0.717) is 0 Å². The lowest BCUT2D eigenvalue weighted by Gasteiger charge is -1.91. The van der Waals surface area contributed by atoms with Gasteiger partial charge in [0.2, 0.25) is 0 Å². The molecule has 13 heavy (non-hydrogen) atoms. The zero-order valence-corrected chi connectivity index (χ0v) is 9.06. The van der Waals surface area contributed by atoms with Crippen LogP contribution >= 0.6 is 23.1 Å². The van der Waals surface area contributed by atoms with E-state index in [1.165, 1.54) is 23.1 Å². The largest absolute Gasteiger partial charge is 0.204 e. The molecule has 1 heterocycles. The molecule has 1 aromatic carbocycles. The second-order valence-electron chi connectivity index (χ2n) is 2.91. The van der Waals surface area contributed by atoms with E-state index in [2.05, 4.69) is 0 Å². The summed E-state index contributed by atoms with van der Waals surface area (Å²) in [7, 11) is 0. The molecule has 0 radical (unpaired) electrons. The summed E-state index contributed by atoms with van der Waals surface area (Å²) >= 11 is 2.99. The molecule has 0 nitrogen and oxygen atoms in total. The fourth-order valence-electron chi connectivity index (χ4n) is 1.29. The van der Waals surface area contributed by atoms with Crippen molar-refractivity contribution in [3.8, 4) is 0 Å². The number of aryl methyl sites for hydroxylation is 1. The van der Waals surface area contributed by atoms with Crippen LogP contribution in [0, 0.1) is 12.7 Å². The average molecular weight is 212 g/mol. The first-order chi connectivity index (χ1) is 6.22. The number of halogens is 1. The maximum atomic E-state index is 13.6. The number of rotatable bonds is 1. The van der Waals surface area contributed by atoms with Gasteiger partial charge in [-0.1, -0.05) is 11.6 Å². The number of fused-ring (bicyclic) bond motifs is 1. The SMILES string of the molecule is CSc1sc2ccc(C)cc2c1F. The molecule has 0 saturated heterocycles. The molecule has 0 fully saturated rings. The Morgan fingerprint density at radius 1 is 1.38 bits per heavy atom. The second kappa shape index (κ2) is 3.31. The smallest absolute Gasteiger partial charge is 0.155 e. The van der Waals surface area contributed by atoms with Crippen molar-refractivity contribution in [2.45, 2.75) is 11.1 Å². The third kappa shape index (κ3) is 1.46. The lowest BCUT2D eigenvalue weighted by Crippen LogP contribution is -1.73. The van der Waals surface area contributed by atoms with E-state index >= 15 is 0 Å². The van der Waals surface area contributed by atoms with Gasteiger partial charge in [0.05, 0.1) is 4.21 Å². The minimum atomic E-state index is -0.0591. The van der Waals surface area contributed by atoms with E-state index < -0.39 is 0 Å². The van der Waals surface area contributed by atoms with Crippen molar-refractivity contribution in [1.29, 1.82) is 0 Å². The first-order valence-corrected chi connectivity index (χ1v) is 5.99. The Hall–Kier alpha value is -0.540. The summed E-state index contributed by atoms with van der Waals surface area (Å²) in [5, 5.41) is 0.759. The lowest BCUT2D eigenvalue weighted by molar-refractivity contribution is 0.623. The van der Waals surface area contributed by atoms with Crippen molar-refractivity contribution in [1.82, 2.24) is 0 Å². The summed E-state index contributed by atoms with van der Waals surface area (Å²) in [5.74, 6) is -0.0591. The lowest BCUT2D eigenvalue weighted by atomic mass is 10.2. The number of benzene rings is 1. The molecule has 0 bridgehead atoms. The van der Waals surface area contributed by atoms with Gasteiger partial charge in [0.1, 0.15) is 0 Å². The van der Waals surface area contributed by atoms with Gasteiger partial charge in [0, 0.05) is 10.1 Å². The van der Waals surface area contributed by atoms with Gasteiger partial charge in [0.25, 0.3) is 0 Å². The second-order valence-corrected chi connectivity index (χ2v) is 5.03. The van der Waals surface area contributed by atoms with Crippen LogP contribution < -0.4 is 0 Å². The van der Waals surface area contributed by atoms with Crippen LogP contribution in [0.3, 0.4) is 0 Å². The molecule has 0 saturated carbocycles. The highest BCUT2D eigenvalue weighted by atomic mass is 32.2. The molecule has 68 valence electrons. The Morgan fingerprint density at radius 2 is 2.15 bits per heavy atom. The summed E-state index contributed by atoms with van der Waals surface area (Å²) in [4.78, 5) is 0. The predicted octanol–water partition coefficient (Wildman–Crippen LogP) is 4.07. The van der Waals surface area contributed by atoms with E-state index in [1.807, 2.05) is 31.4 Å². The van der Waals surface area contributed by atoms with E-state index in [0.717, 1.165) is 19.9 Å². The quantitative estimate of drug-likeness (QED) is 0.642. The van der Waals surface area contributed by atoms with Crippen molar-refractivity contribution < 1.29 is 4.39 Å². The summed E-state index contributed by atoms with van der Waals surface area (Å²) in [6.45, 7) is 1.98. The van der Waals surface area contributed by atoms with Crippen LogP contribution in [0.2, 0.25) is 0 Å². The van der Waals surface area contributed by atoms with Crippen LogP contribution in [-0.2, 0) is 0 Å². The minimum absolute atomic E-state index is 0.0591.